The van der Waals surface area contributed by atoms with Crippen molar-refractivity contribution in [3.63, 3.8) is 0 Å². The average Bonchev–Trinajstić information content (AvgIpc) is 3.04. The molecule has 0 aromatic carbocycles. The number of nitrogens with zero attached hydrogens (tertiary/aromatic N) is 2. The Morgan fingerprint density at radius 2 is 1.80 bits per heavy atom. The van der Waals surface area contributed by atoms with Gasteiger partial charge in [-0.15, -0.1) is 0 Å². The van der Waals surface area contributed by atoms with Gasteiger partial charge in [0.2, 0.25) is 5.78 Å². The van der Waals surface area contributed by atoms with E-state index < -0.39 is 22.0 Å². The fourth-order valence-electron chi connectivity index (χ4n) is 4.04. The first kappa shape index (κ1) is 26.9. The van der Waals surface area contributed by atoms with Crippen molar-refractivity contribution in [1.29, 1.82) is 0 Å². The summed E-state index contributed by atoms with van der Waals surface area (Å²) < 4.78 is 31.0. The first-order chi connectivity index (χ1) is 14.2. The van der Waals surface area contributed by atoms with E-state index in [1.807, 2.05) is 6.92 Å². The van der Waals surface area contributed by atoms with Gasteiger partial charge < -0.3 is 10.2 Å². The molecule has 0 aliphatic carbocycles. The van der Waals surface area contributed by atoms with Crippen molar-refractivity contribution in [2.24, 2.45) is 4.99 Å². The van der Waals surface area contributed by atoms with Crippen molar-refractivity contribution >= 4 is 21.7 Å². The van der Waals surface area contributed by atoms with E-state index in [4.69, 9.17) is 4.55 Å². The Morgan fingerprint density at radius 1 is 1.17 bits per heavy atom. The second kappa shape index (κ2) is 14.0. The monoisotopic (exact) mass is 447 g/mol. The standard InChI is InChI=1S/C21H38N2O6S/c1-2-3-4-5-6-7-8-9-10-11-12-20(26)21-22-13-14-23(21,15-16-24)17-19(25)18-30(27,28)29/h2-3,19,24-25H,4-18H2,1H3/p+1/b3-2+. The van der Waals surface area contributed by atoms with Crippen molar-refractivity contribution in [2.45, 2.75) is 70.8 Å². The summed E-state index contributed by atoms with van der Waals surface area (Å²) in [6.45, 7) is 2.76. The van der Waals surface area contributed by atoms with Gasteiger partial charge >= 0.3 is 0 Å². The number of hydrogen-bond acceptors (Lipinski definition) is 6. The number of aliphatic hydroxyl groups is 2. The third-order valence-electron chi connectivity index (χ3n) is 5.49. The third-order valence-corrected chi connectivity index (χ3v) is 6.30. The van der Waals surface area contributed by atoms with Crippen LogP contribution in [0, 0.1) is 0 Å². The van der Waals surface area contributed by atoms with Gasteiger partial charge in [-0.05, 0) is 26.2 Å². The molecule has 9 heteroatoms. The highest BCUT2D eigenvalue weighted by atomic mass is 32.2. The van der Waals surface area contributed by atoms with Gasteiger partial charge in [0, 0.05) is 6.42 Å². The zero-order valence-corrected chi connectivity index (χ0v) is 19.0. The Labute approximate surface area is 181 Å². The molecule has 1 aliphatic rings. The predicted molar refractivity (Wildman–Crippen MR) is 118 cm³/mol. The van der Waals surface area contributed by atoms with Crippen molar-refractivity contribution in [3.8, 4) is 0 Å². The largest absolute Gasteiger partial charge is 0.390 e. The number of amidine groups is 1. The molecule has 0 saturated heterocycles. The van der Waals surface area contributed by atoms with Gasteiger partial charge in [-0.25, -0.2) is 4.99 Å². The van der Waals surface area contributed by atoms with Crippen LogP contribution in [0.15, 0.2) is 17.1 Å². The van der Waals surface area contributed by atoms with Gasteiger partial charge in [0.25, 0.3) is 16.0 Å². The number of quaternary nitrogens is 1. The van der Waals surface area contributed by atoms with Crippen molar-refractivity contribution < 1.29 is 32.5 Å². The second-order valence-corrected chi connectivity index (χ2v) is 9.61. The van der Waals surface area contributed by atoms with Crippen molar-refractivity contribution in [1.82, 2.24) is 0 Å². The number of aliphatic hydroxyl groups excluding tert-OH is 2. The van der Waals surface area contributed by atoms with Crippen LogP contribution in [0.2, 0.25) is 0 Å². The van der Waals surface area contributed by atoms with Crippen LogP contribution < -0.4 is 0 Å². The lowest BCUT2D eigenvalue weighted by molar-refractivity contribution is -0.837. The topological polar surface area (TPSA) is 124 Å². The molecule has 1 rings (SSSR count). The molecular weight excluding hydrogens is 408 g/mol. The predicted octanol–water partition coefficient (Wildman–Crippen LogP) is 2.11. The molecule has 30 heavy (non-hydrogen) atoms. The van der Waals surface area contributed by atoms with E-state index >= 15 is 0 Å². The van der Waals surface area contributed by atoms with Gasteiger partial charge in [-0.3, -0.25) is 13.8 Å². The molecule has 2 unspecified atom stereocenters. The van der Waals surface area contributed by atoms with E-state index in [1.165, 1.54) is 19.3 Å². The maximum absolute atomic E-state index is 12.8. The quantitative estimate of drug-likeness (QED) is 0.136. The van der Waals surface area contributed by atoms with E-state index in [0.717, 1.165) is 32.1 Å². The molecule has 0 bridgehead atoms. The molecule has 2 atom stereocenters. The van der Waals surface area contributed by atoms with E-state index in [-0.39, 0.29) is 30.0 Å². The normalized spacial score (nSPS) is 20.6. The second-order valence-electron chi connectivity index (χ2n) is 8.11. The number of ketones is 1. The molecule has 1 heterocycles. The summed E-state index contributed by atoms with van der Waals surface area (Å²) in [4.78, 5) is 17.1. The van der Waals surface area contributed by atoms with Crippen molar-refractivity contribution in [2.75, 3.05) is 38.5 Å². The summed E-state index contributed by atoms with van der Waals surface area (Å²) in [7, 11) is -4.33. The number of allylic oxidation sites excluding steroid dienone is 2. The molecule has 1 aliphatic heterocycles. The lowest BCUT2D eigenvalue weighted by Crippen LogP contribution is -2.59. The Kier molecular flexibility index (Phi) is 12.6. The zero-order chi connectivity index (χ0) is 22.5. The molecular formula is C21H39N2O6S+. The van der Waals surface area contributed by atoms with Gasteiger partial charge in [0.05, 0.1) is 13.2 Å². The van der Waals surface area contributed by atoms with Gasteiger partial charge in [0.15, 0.2) is 0 Å². The number of Topliss-reactive ketones (excluding diaryl/α,β-unsaturated/α-hetero) is 1. The number of aliphatic imine (C=N–C) groups is 1. The van der Waals surface area contributed by atoms with Gasteiger partial charge in [-0.1, -0.05) is 44.3 Å². The van der Waals surface area contributed by atoms with Crippen molar-refractivity contribution in [3.05, 3.63) is 12.2 Å². The number of unbranched alkanes of at least 4 members (excludes halogenated alkanes) is 7. The molecule has 0 amide bonds. The van der Waals surface area contributed by atoms with Crippen LogP contribution in [0.5, 0.6) is 0 Å². The molecule has 0 spiro atoms. The summed E-state index contributed by atoms with van der Waals surface area (Å²) >= 11 is 0. The molecule has 0 radical (unpaired) electrons. The minimum Gasteiger partial charge on any atom is -0.390 e. The molecule has 8 nitrogen and oxygen atoms in total. The lowest BCUT2D eigenvalue weighted by atomic mass is 10.0. The highest BCUT2D eigenvalue weighted by molar-refractivity contribution is 7.85. The maximum atomic E-state index is 12.8. The maximum Gasteiger partial charge on any atom is 0.267 e. The number of rotatable bonds is 17. The highest BCUT2D eigenvalue weighted by Crippen LogP contribution is 2.20. The number of carbonyl (C=O) groups excluding carboxylic acids is 1. The molecule has 0 aromatic heterocycles. The number of carbonyl (C=O) groups is 1. The van der Waals surface area contributed by atoms with E-state index in [9.17, 15) is 23.4 Å². The average molecular weight is 448 g/mol. The van der Waals surface area contributed by atoms with Crippen LogP contribution in [0.4, 0.5) is 0 Å². The number of hydrogen-bond donors (Lipinski definition) is 3. The van der Waals surface area contributed by atoms with Gasteiger partial charge in [-0.2, -0.15) is 8.42 Å². The first-order valence-electron chi connectivity index (χ1n) is 11.0. The van der Waals surface area contributed by atoms with Crippen LogP contribution in [0.3, 0.4) is 0 Å². The Bertz CT molecular complexity index is 677. The van der Waals surface area contributed by atoms with Crippen LogP contribution >= 0.6 is 0 Å². The Morgan fingerprint density at radius 3 is 2.40 bits per heavy atom. The summed E-state index contributed by atoms with van der Waals surface area (Å²) in [5.74, 6) is -0.594. The van der Waals surface area contributed by atoms with Crippen LogP contribution in [0.25, 0.3) is 0 Å². The van der Waals surface area contributed by atoms with Crippen LogP contribution in [0.1, 0.15) is 64.7 Å². The molecule has 174 valence electrons. The summed E-state index contributed by atoms with van der Waals surface area (Å²) in [5, 5.41) is 19.6. The van der Waals surface area contributed by atoms with E-state index in [1.54, 1.807) is 0 Å². The Hall–Kier alpha value is -1.13. The van der Waals surface area contributed by atoms with Crippen LogP contribution in [-0.4, -0.2) is 83.9 Å². The molecule has 0 fully saturated rings. The molecule has 0 saturated carbocycles. The third kappa shape index (κ3) is 10.3. The zero-order valence-electron chi connectivity index (χ0n) is 18.2. The highest BCUT2D eigenvalue weighted by Gasteiger charge is 2.43. The summed E-state index contributed by atoms with van der Waals surface area (Å²) in [5.41, 5.74) is 0. The minimum absolute atomic E-state index is 0.0295. The first-order valence-corrected chi connectivity index (χ1v) is 12.6. The van der Waals surface area contributed by atoms with E-state index in [2.05, 4.69) is 17.1 Å². The summed E-state index contributed by atoms with van der Waals surface area (Å²) in [6, 6.07) is 0. The van der Waals surface area contributed by atoms with E-state index in [0.29, 0.717) is 25.3 Å². The Balaban J connectivity index is 2.45. The smallest absolute Gasteiger partial charge is 0.267 e. The van der Waals surface area contributed by atoms with Gasteiger partial charge in [0.1, 0.15) is 31.5 Å². The lowest BCUT2D eigenvalue weighted by Gasteiger charge is -2.34. The molecule has 3 N–H and O–H groups in total. The fourth-order valence-corrected chi connectivity index (χ4v) is 4.64. The molecule has 0 aromatic rings. The van der Waals surface area contributed by atoms with Crippen LogP contribution in [-0.2, 0) is 14.9 Å². The summed E-state index contributed by atoms with van der Waals surface area (Å²) in [6.07, 6.45) is 12.1. The fraction of sp³-hybridized carbons (Fsp3) is 0.810. The SMILES string of the molecule is C/C=C/CCCCCCCCCC(=O)C1=NCC[N+]1(CCO)CC(O)CS(=O)(=O)O. The minimum atomic E-state index is -4.33.